The number of quaternary nitrogens is 1. The number of amides is 2. The summed E-state index contributed by atoms with van der Waals surface area (Å²) in [7, 11) is 0. The Hall–Kier alpha value is -2.18. The maximum Gasteiger partial charge on any atom is 0.279 e. The fraction of sp³-hybridized carbons (Fsp3) is 0.429. The van der Waals surface area contributed by atoms with Crippen LogP contribution >= 0.6 is 11.3 Å². The van der Waals surface area contributed by atoms with E-state index in [9.17, 15) is 9.59 Å². The second-order valence-electron chi connectivity index (χ2n) is 6.79. The molecule has 0 aliphatic rings. The zero-order valence-electron chi connectivity index (χ0n) is 16.4. The number of anilines is 1. The molecule has 5 nitrogen and oxygen atoms in total. The standard InChI is InChI=1S/C21H29N3O2S/c1-4-16(3)17-8-10-18(11-9-17)23-21(26)15-24(5-2)14-20(25)22-13-19-7-6-12-27-19/h6-12,16H,4-5,13-15H2,1-3H3,(H,22,25)(H,23,26)/p+1/t16-/m1/s1. The highest BCUT2D eigenvalue weighted by Crippen LogP contribution is 2.20. The van der Waals surface area contributed by atoms with Gasteiger partial charge < -0.3 is 15.5 Å². The number of nitrogens with one attached hydrogen (secondary N) is 3. The monoisotopic (exact) mass is 388 g/mol. The summed E-state index contributed by atoms with van der Waals surface area (Å²) in [6.07, 6.45) is 1.09. The van der Waals surface area contributed by atoms with E-state index in [4.69, 9.17) is 0 Å². The Morgan fingerprint density at radius 1 is 1.07 bits per heavy atom. The maximum atomic E-state index is 12.3. The van der Waals surface area contributed by atoms with E-state index in [1.165, 1.54) is 5.56 Å². The normalized spacial score (nSPS) is 13.0. The molecule has 27 heavy (non-hydrogen) atoms. The van der Waals surface area contributed by atoms with Gasteiger partial charge in [0, 0.05) is 10.6 Å². The molecule has 1 aromatic heterocycles. The molecule has 0 saturated carbocycles. The quantitative estimate of drug-likeness (QED) is 0.585. The van der Waals surface area contributed by atoms with Crippen molar-refractivity contribution < 1.29 is 14.5 Å². The average molecular weight is 389 g/mol. The number of hydrogen-bond donors (Lipinski definition) is 3. The van der Waals surface area contributed by atoms with Crippen molar-refractivity contribution in [2.45, 2.75) is 39.7 Å². The van der Waals surface area contributed by atoms with Gasteiger partial charge >= 0.3 is 0 Å². The average Bonchev–Trinajstić information content (AvgIpc) is 3.19. The summed E-state index contributed by atoms with van der Waals surface area (Å²) in [5, 5.41) is 7.83. The van der Waals surface area contributed by atoms with Gasteiger partial charge in [-0.15, -0.1) is 11.3 Å². The Morgan fingerprint density at radius 3 is 2.37 bits per heavy atom. The van der Waals surface area contributed by atoms with Crippen molar-refractivity contribution in [3.63, 3.8) is 0 Å². The minimum atomic E-state index is -0.0748. The maximum absolute atomic E-state index is 12.3. The number of hydrogen-bond acceptors (Lipinski definition) is 3. The molecule has 3 N–H and O–H groups in total. The van der Waals surface area contributed by atoms with E-state index < -0.39 is 0 Å². The van der Waals surface area contributed by atoms with E-state index in [-0.39, 0.29) is 18.4 Å². The highest BCUT2D eigenvalue weighted by Gasteiger charge is 2.17. The summed E-state index contributed by atoms with van der Waals surface area (Å²) < 4.78 is 0. The van der Waals surface area contributed by atoms with E-state index in [1.54, 1.807) is 11.3 Å². The molecule has 2 aromatic rings. The molecular formula is C21H30N3O2S+. The summed E-state index contributed by atoms with van der Waals surface area (Å²) in [6.45, 7) is 8.17. The van der Waals surface area contributed by atoms with E-state index in [1.807, 2.05) is 36.6 Å². The van der Waals surface area contributed by atoms with Crippen LogP contribution in [0.25, 0.3) is 0 Å². The Morgan fingerprint density at radius 2 is 1.78 bits per heavy atom. The first-order valence-electron chi connectivity index (χ1n) is 9.54. The third-order valence-electron chi connectivity index (χ3n) is 4.74. The van der Waals surface area contributed by atoms with Crippen LogP contribution in [0.3, 0.4) is 0 Å². The number of carbonyl (C=O) groups is 2. The molecule has 0 radical (unpaired) electrons. The van der Waals surface area contributed by atoms with Crippen molar-refractivity contribution in [3.05, 3.63) is 52.2 Å². The zero-order chi connectivity index (χ0) is 19.6. The topological polar surface area (TPSA) is 62.6 Å². The van der Waals surface area contributed by atoms with Crippen molar-refractivity contribution in [3.8, 4) is 0 Å². The van der Waals surface area contributed by atoms with Crippen LogP contribution in [0.5, 0.6) is 0 Å². The van der Waals surface area contributed by atoms with Crippen LogP contribution in [0, 0.1) is 0 Å². The van der Waals surface area contributed by atoms with Crippen molar-refractivity contribution in [1.29, 1.82) is 0 Å². The van der Waals surface area contributed by atoms with Gasteiger partial charge in [-0.2, -0.15) is 0 Å². The zero-order valence-corrected chi connectivity index (χ0v) is 17.2. The molecule has 1 aromatic carbocycles. The van der Waals surface area contributed by atoms with Gasteiger partial charge in [0.15, 0.2) is 13.1 Å². The first-order chi connectivity index (χ1) is 13.0. The van der Waals surface area contributed by atoms with Gasteiger partial charge in [0.2, 0.25) is 0 Å². The van der Waals surface area contributed by atoms with Crippen LogP contribution in [0.2, 0.25) is 0 Å². The molecule has 1 unspecified atom stereocenters. The van der Waals surface area contributed by atoms with Crippen LogP contribution in [-0.4, -0.2) is 31.4 Å². The van der Waals surface area contributed by atoms with Gasteiger partial charge in [-0.25, -0.2) is 0 Å². The first-order valence-corrected chi connectivity index (χ1v) is 10.4. The van der Waals surface area contributed by atoms with Crippen molar-refractivity contribution >= 4 is 28.8 Å². The van der Waals surface area contributed by atoms with Crippen LogP contribution in [0.1, 0.15) is 43.6 Å². The molecule has 0 aliphatic carbocycles. The Bertz CT molecular complexity index is 714. The smallest absolute Gasteiger partial charge is 0.279 e. The second kappa shape index (κ2) is 10.8. The summed E-state index contributed by atoms with van der Waals surface area (Å²) in [5.41, 5.74) is 2.07. The number of likely N-dealkylation sites (N-methyl/N-ethyl adjacent to an activating group) is 1. The molecule has 0 aliphatic heterocycles. The van der Waals surface area contributed by atoms with E-state index in [2.05, 4.69) is 36.6 Å². The number of benzene rings is 1. The molecule has 2 atom stereocenters. The van der Waals surface area contributed by atoms with Gasteiger partial charge in [0.1, 0.15) is 0 Å². The lowest BCUT2D eigenvalue weighted by molar-refractivity contribution is -0.881. The van der Waals surface area contributed by atoms with Crippen LogP contribution in [0.4, 0.5) is 5.69 Å². The molecule has 0 saturated heterocycles. The van der Waals surface area contributed by atoms with Gasteiger partial charge in [-0.05, 0) is 48.4 Å². The molecule has 2 amide bonds. The predicted octanol–water partition coefficient (Wildman–Crippen LogP) is 2.42. The Labute approximate surface area is 165 Å². The molecule has 0 bridgehead atoms. The number of carbonyl (C=O) groups excluding carboxylic acids is 2. The SMILES string of the molecule is CC[C@@H](C)c1ccc(NC(=O)C[NH+](CC)CC(=O)NCc2cccs2)cc1. The van der Waals surface area contributed by atoms with E-state index in [0.29, 0.717) is 25.6 Å². The fourth-order valence-electron chi connectivity index (χ4n) is 2.76. The minimum absolute atomic E-state index is 0.0362. The third-order valence-corrected chi connectivity index (χ3v) is 5.61. The molecule has 1 heterocycles. The summed E-state index contributed by atoms with van der Waals surface area (Å²) in [5.74, 6) is 0.405. The molecule has 0 fully saturated rings. The molecular weight excluding hydrogens is 358 g/mol. The van der Waals surface area contributed by atoms with Crippen LogP contribution in [-0.2, 0) is 16.1 Å². The summed E-state index contributed by atoms with van der Waals surface area (Å²) in [4.78, 5) is 26.5. The summed E-state index contributed by atoms with van der Waals surface area (Å²) >= 11 is 1.62. The fourth-order valence-corrected chi connectivity index (χ4v) is 3.41. The van der Waals surface area contributed by atoms with Crippen LogP contribution < -0.4 is 15.5 Å². The second-order valence-corrected chi connectivity index (χ2v) is 7.82. The highest BCUT2D eigenvalue weighted by molar-refractivity contribution is 7.09. The van der Waals surface area contributed by atoms with Gasteiger partial charge in [0.05, 0.1) is 13.1 Å². The lowest BCUT2D eigenvalue weighted by atomic mass is 9.99. The van der Waals surface area contributed by atoms with Gasteiger partial charge in [0.25, 0.3) is 11.8 Å². The van der Waals surface area contributed by atoms with E-state index in [0.717, 1.165) is 21.9 Å². The van der Waals surface area contributed by atoms with Gasteiger partial charge in [-0.1, -0.05) is 32.0 Å². The molecule has 2 rings (SSSR count). The molecule has 6 heteroatoms. The third kappa shape index (κ3) is 7.15. The number of thiophene rings is 1. The largest absolute Gasteiger partial charge is 0.346 e. The lowest BCUT2D eigenvalue weighted by Crippen LogP contribution is -3.13. The first kappa shape index (κ1) is 21.1. The minimum Gasteiger partial charge on any atom is -0.346 e. The van der Waals surface area contributed by atoms with Crippen molar-refractivity contribution in [1.82, 2.24) is 5.32 Å². The highest BCUT2D eigenvalue weighted by atomic mass is 32.1. The Kier molecular flexibility index (Phi) is 8.48. The van der Waals surface area contributed by atoms with E-state index >= 15 is 0 Å². The van der Waals surface area contributed by atoms with Crippen LogP contribution in [0.15, 0.2) is 41.8 Å². The van der Waals surface area contributed by atoms with Crippen molar-refractivity contribution in [2.24, 2.45) is 0 Å². The Balaban J connectivity index is 1.78. The van der Waals surface area contributed by atoms with Crippen molar-refractivity contribution in [2.75, 3.05) is 25.0 Å². The summed E-state index contributed by atoms with van der Waals surface area (Å²) in [6, 6.07) is 12.0. The lowest BCUT2D eigenvalue weighted by Gasteiger charge is -2.17. The predicted molar refractivity (Wildman–Crippen MR) is 111 cm³/mol. The van der Waals surface area contributed by atoms with Gasteiger partial charge in [-0.3, -0.25) is 9.59 Å². The molecule has 146 valence electrons. The molecule has 0 spiro atoms. The number of rotatable bonds is 10.